The highest BCUT2D eigenvalue weighted by atomic mass is 19.1. The average Bonchev–Trinajstić information content (AvgIpc) is 3.31. The van der Waals surface area contributed by atoms with Gasteiger partial charge in [0.15, 0.2) is 5.82 Å². The number of primary amides is 1. The summed E-state index contributed by atoms with van der Waals surface area (Å²) in [4.78, 5) is 14.7. The number of nitrogens with two attached hydrogens (primary N) is 1. The normalized spacial score (nSPS) is 24.3. The molecule has 3 heterocycles. The number of likely N-dealkylation sites (tertiary alicyclic amines) is 1. The van der Waals surface area contributed by atoms with Crippen LogP contribution in [0.5, 0.6) is 0 Å². The molecule has 0 aliphatic carbocycles. The molecular formula is C28H37FN8O. The van der Waals surface area contributed by atoms with E-state index in [1.807, 2.05) is 25.2 Å². The first-order valence-electron chi connectivity index (χ1n) is 13.4. The molecule has 3 aromatic rings. The van der Waals surface area contributed by atoms with Crippen LogP contribution in [0.1, 0.15) is 35.4 Å². The Morgan fingerprint density at radius 3 is 2.76 bits per heavy atom. The molecule has 0 saturated carbocycles. The van der Waals surface area contributed by atoms with Gasteiger partial charge in [-0.25, -0.2) is 13.9 Å². The van der Waals surface area contributed by atoms with E-state index in [1.165, 1.54) is 12.0 Å². The fourth-order valence-corrected chi connectivity index (χ4v) is 6.39. The molecule has 1 unspecified atom stereocenters. The number of benzene rings is 2. The quantitative estimate of drug-likeness (QED) is 0.441. The fourth-order valence-electron chi connectivity index (χ4n) is 6.39. The zero-order valence-corrected chi connectivity index (χ0v) is 22.1. The van der Waals surface area contributed by atoms with E-state index in [1.54, 1.807) is 16.8 Å². The van der Waals surface area contributed by atoms with Crippen LogP contribution in [0.2, 0.25) is 0 Å². The van der Waals surface area contributed by atoms with E-state index in [-0.39, 0.29) is 23.7 Å². The lowest BCUT2D eigenvalue weighted by atomic mass is 9.77. The third-order valence-electron chi connectivity index (χ3n) is 8.10. The molecule has 0 bridgehead atoms. The van der Waals surface area contributed by atoms with Crippen LogP contribution in [0.15, 0.2) is 42.5 Å². The summed E-state index contributed by atoms with van der Waals surface area (Å²) in [5.74, 6) is 1.22. The summed E-state index contributed by atoms with van der Waals surface area (Å²) < 4.78 is 15.0. The number of nitrogens with one attached hydrogen (secondary N) is 2. The molecular weight excluding hydrogens is 483 g/mol. The number of rotatable bonds is 7. The van der Waals surface area contributed by atoms with Crippen molar-refractivity contribution in [3.05, 3.63) is 65.0 Å². The monoisotopic (exact) mass is 520 g/mol. The second kappa shape index (κ2) is 11.6. The van der Waals surface area contributed by atoms with Crippen molar-refractivity contribution in [3.8, 4) is 11.4 Å². The van der Waals surface area contributed by atoms with Gasteiger partial charge in [0.2, 0.25) is 0 Å². The van der Waals surface area contributed by atoms with Crippen LogP contribution in [0, 0.1) is 24.6 Å². The van der Waals surface area contributed by atoms with Gasteiger partial charge in [-0.3, -0.25) is 0 Å². The highest BCUT2D eigenvalue weighted by Gasteiger charge is 2.38. The smallest absolute Gasteiger partial charge is 0.312 e. The summed E-state index contributed by atoms with van der Waals surface area (Å²) in [5, 5.41) is 18.9. The molecule has 2 amide bonds. The van der Waals surface area contributed by atoms with Gasteiger partial charge in [0.1, 0.15) is 5.82 Å². The number of urea groups is 1. The lowest BCUT2D eigenvalue weighted by molar-refractivity contribution is 0.122. The van der Waals surface area contributed by atoms with Gasteiger partial charge >= 0.3 is 6.03 Å². The summed E-state index contributed by atoms with van der Waals surface area (Å²) in [5.41, 5.74) is 10.1. The predicted molar refractivity (Wildman–Crippen MR) is 144 cm³/mol. The Hall–Kier alpha value is -3.37. The molecule has 5 rings (SSSR count). The fraction of sp³-hybridized carbons (Fsp3) is 0.500. The Balaban J connectivity index is 1.36. The van der Waals surface area contributed by atoms with Crippen molar-refractivity contribution in [2.75, 3.05) is 32.7 Å². The highest BCUT2D eigenvalue weighted by Crippen LogP contribution is 2.36. The SMILES string of the molecule is Cc1cccc(C2CNC[C@@H](CN3CCC[C@@H](Cc4ccc(F)cc4)C3)[C@@H]2NC(N)=O)c1-c1nnnn1C. The van der Waals surface area contributed by atoms with E-state index in [4.69, 9.17) is 5.73 Å². The van der Waals surface area contributed by atoms with Crippen LogP contribution in [0.3, 0.4) is 0 Å². The van der Waals surface area contributed by atoms with Crippen molar-refractivity contribution in [2.24, 2.45) is 24.6 Å². The number of carbonyl (C=O) groups excluding carboxylic acids is 1. The molecule has 2 aliphatic rings. The summed E-state index contributed by atoms with van der Waals surface area (Å²) >= 11 is 0. The summed E-state index contributed by atoms with van der Waals surface area (Å²) in [6.07, 6.45) is 3.25. The summed E-state index contributed by atoms with van der Waals surface area (Å²) in [7, 11) is 1.84. The maximum Gasteiger partial charge on any atom is 0.312 e. The van der Waals surface area contributed by atoms with Crippen LogP contribution < -0.4 is 16.4 Å². The van der Waals surface area contributed by atoms with Gasteiger partial charge < -0.3 is 21.3 Å². The number of amides is 2. The van der Waals surface area contributed by atoms with Gasteiger partial charge in [0.25, 0.3) is 0 Å². The van der Waals surface area contributed by atoms with E-state index in [9.17, 15) is 9.18 Å². The molecule has 2 aliphatic heterocycles. The lowest BCUT2D eigenvalue weighted by Gasteiger charge is -2.43. The zero-order valence-electron chi connectivity index (χ0n) is 22.1. The second-order valence-electron chi connectivity index (χ2n) is 10.8. The topological polar surface area (TPSA) is 114 Å². The van der Waals surface area contributed by atoms with Crippen LogP contribution >= 0.6 is 0 Å². The van der Waals surface area contributed by atoms with Crippen molar-refractivity contribution in [3.63, 3.8) is 0 Å². The first-order valence-corrected chi connectivity index (χ1v) is 13.4. The van der Waals surface area contributed by atoms with Gasteiger partial charge in [0.05, 0.1) is 0 Å². The zero-order chi connectivity index (χ0) is 26.6. The van der Waals surface area contributed by atoms with Crippen LogP contribution in [0.25, 0.3) is 11.4 Å². The number of piperidine rings is 2. The molecule has 2 aromatic carbocycles. The molecule has 202 valence electrons. The molecule has 10 heteroatoms. The van der Waals surface area contributed by atoms with E-state index in [2.05, 4.69) is 50.1 Å². The Kier molecular flexibility index (Phi) is 7.99. The average molecular weight is 521 g/mol. The largest absolute Gasteiger partial charge is 0.352 e. The molecule has 38 heavy (non-hydrogen) atoms. The molecule has 4 atom stereocenters. The maximum atomic E-state index is 13.4. The van der Waals surface area contributed by atoms with Crippen LogP contribution in [0.4, 0.5) is 9.18 Å². The third-order valence-corrected chi connectivity index (χ3v) is 8.10. The van der Waals surface area contributed by atoms with Crippen LogP contribution in [-0.4, -0.2) is 69.9 Å². The molecule has 0 radical (unpaired) electrons. The number of aryl methyl sites for hydroxylation is 2. The number of nitrogens with zero attached hydrogens (tertiary/aromatic N) is 5. The van der Waals surface area contributed by atoms with Gasteiger partial charge in [-0.05, 0) is 77.9 Å². The minimum atomic E-state index is -0.505. The maximum absolute atomic E-state index is 13.4. The molecule has 0 spiro atoms. The van der Waals surface area contributed by atoms with Crippen LogP contribution in [-0.2, 0) is 13.5 Å². The number of hydrogen-bond acceptors (Lipinski definition) is 6. The minimum absolute atomic E-state index is 0.00709. The summed E-state index contributed by atoms with van der Waals surface area (Å²) in [6.45, 7) is 6.46. The number of carbonyl (C=O) groups is 1. The molecule has 2 saturated heterocycles. The first kappa shape index (κ1) is 26.2. The van der Waals surface area contributed by atoms with Gasteiger partial charge in [-0.1, -0.05) is 30.3 Å². The predicted octanol–water partition coefficient (Wildman–Crippen LogP) is 2.62. The standard InChI is InChI=1S/C28H37FN8O/c1-18-5-3-7-23(25(18)27-33-34-35-36(27)2)24-15-31-14-21(26(24)32-28(30)38)17-37-12-4-6-20(16-37)13-19-8-10-22(29)11-9-19/h3,5,7-11,20-21,24,26,31H,4,6,12-17H2,1-2H3,(H3,30,32,38)/t20-,21-,24?,26-/m0/s1. The Morgan fingerprint density at radius 2 is 2.03 bits per heavy atom. The van der Waals surface area contributed by atoms with Gasteiger partial charge in [0, 0.05) is 56.7 Å². The number of tetrazole rings is 1. The Labute approximate surface area is 223 Å². The van der Waals surface area contributed by atoms with Crippen molar-refractivity contribution in [1.29, 1.82) is 0 Å². The second-order valence-corrected chi connectivity index (χ2v) is 10.8. The van der Waals surface area contributed by atoms with Crippen molar-refractivity contribution < 1.29 is 9.18 Å². The van der Waals surface area contributed by atoms with E-state index < -0.39 is 6.03 Å². The molecule has 4 N–H and O–H groups in total. The number of halogens is 1. The van der Waals surface area contributed by atoms with Gasteiger partial charge in [-0.2, -0.15) is 0 Å². The Morgan fingerprint density at radius 1 is 1.21 bits per heavy atom. The van der Waals surface area contributed by atoms with Crippen molar-refractivity contribution in [1.82, 2.24) is 35.7 Å². The van der Waals surface area contributed by atoms with Gasteiger partial charge in [-0.15, -0.1) is 5.10 Å². The van der Waals surface area contributed by atoms with Crippen molar-refractivity contribution >= 4 is 6.03 Å². The first-order chi connectivity index (χ1) is 18.4. The molecule has 9 nitrogen and oxygen atoms in total. The molecule has 2 fully saturated rings. The van der Waals surface area contributed by atoms with E-state index >= 15 is 0 Å². The Bertz CT molecular complexity index is 1250. The van der Waals surface area contributed by atoms with E-state index in [0.29, 0.717) is 11.7 Å². The number of aromatic nitrogens is 4. The van der Waals surface area contributed by atoms with E-state index in [0.717, 1.165) is 62.3 Å². The number of hydrogen-bond donors (Lipinski definition) is 3. The third kappa shape index (κ3) is 5.86. The highest BCUT2D eigenvalue weighted by molar-refractivity contribution is 5.72. The lowest BCUT2D eigenvalue weighted by Crippen LogP contribution is -2.58. The molecule has 1 aromatic heterocycles. The summed E-state index contributed by atoms with van der Waals surface area (Å²) in [6, 6.07) is 12.5. The minimum Gasteiger partial charge on any atom is -0.352 e. The van der Waals surface area contributed by atoms with Crippen molar-refractivity contribution in [2.45, 2.75) is 38.1 Å².